The van der Waals surface area contributed by atoms with E-state index in [-0.39, 0.29) is 5.91 Å². The fraction of sp³-hybridized carbons (Fsp3) is 0.467. The Morgan fingerprint density at radius 1 is 1.30 bits per heavy atom. The molecule has 0 unspecified atom stereocenters. The minimum Gasteiger partial charge on any atom is -0.378 e. The Morgan fingerprint density at radius 3 is 2.45 bits per heavy atom. The summed E-state index contributed by atoms with van der Waals surface area (Å²) >= 11 is 0. The van der Waals surface area contributed by atoms with Gasteiger partial charge in [0.25, 0.3) is 0 Å². The van der Waals surface area contributed by atoms with E-state index >= 15 is 0 Å². The van der Waals surface area contributed by atoms with Gasteiger partial charge in [-0.05, 0) is 38.1 Å². The van der Waals surface area contributed by atoms with E-state index < -0.39 is 5.41 Å². The molecule has 5 heteroatoms. The molecule has 1 aliphatic rings. The summed E-state index contributed by atoms with van der Waals surface area (Å²) in [7, 11) is 0. The number of nitrogens with one attached hydrogen (secondary N) is 1. The van der Waals surface area contributed by atoms with Crippen molar-refractivity contribution < 1.29 is 9.53 Å². The first kappa shape index (κ1) is 14.4. The maximum atomic E-state index is 11.9. The Labute approximate surface area is 119 Å². The van der Waals surface area contributed by atoms with Gasteiger partial charge in [0.2, 0.25) is 5.91 Å². The minimum atomic E-state index is -1.02. The largest absolute Gasteiger partial charge is 0.378 e. The lowest BCUT2D eigenvalue weighted by Gasteiger charge is -2.29. The van der Waals surface area contributed by atoms with Gasteiger partial charge in [-0.2, -0.15) is 5.26 Å². The highest BCUT2D eigenvalue weighted by Crippen LogP contribution is 2.21. The third-order valence-electron chi connectivity index (χ3n) is 3.35. The van der Waals surface area contributed by atoms with E-state index in [4.69, 9.17) is 10.00 Å². The highest BCUT2D eigenvalue weighted by Gasteiger charge is 2.27. The third-order valence-corrected chi connectivity index (χ3v) is 3.35. The van der Waals surface area contributed by atoms with E-state index in [1.54, 1.807) is 13.8 Å². The Morgan fingerprint density at radius 2 is 1.90 bits per heavy atom. The number of carbonyl (C=O) groups excluding carboxylic acids is 1. The van der Waals surface area contributed by atoms with Crippen molar-refractivity contribution in [1.82, 2.24) is 0 Å². The number of rotatable bonds is 3. The summed E-state index contributed by atoms with van der Waals surface area (Å²) < 4.78 is 5.32. The van der Waals surface area contributed by atoms with Gasteiger partial charge in [0, 0.05) is 24.5 Å². The zero-order valence-corrected chi connectivity index (χ0v) is 11.8. The van der Waals surface area contributed by atoms with E-state index in [0.29, 0.717) is 5.69 Å². The minimum absolute atomic E-state index is 0.292. The first-order valence-corrected chi connectivity index (χ1v) is 6.68. The Kier molecular flexibility index (Phi) is 4.26. The van der Waals surface area contributed by atoms with E-state index in [1.807, 2.05) is 30.3 Å². The number of carbonyl (C=O) groups is 1. The van der Waals surface area contributed by atoms with Crippen LogP contribution in [-0.4, -0.2) is 32.2 Å². The second-order valence-corrected chi connectivity index (χ2v) is 5.34. The van der Waals surface area contributed by atoms with E-state index in [0.717, 1.165) is 32.0 Å². The molecule has 1 N–H and O–H groups in total. The van der Waals surface area contributed by atoms with Gasteiger partial charge >= 0.3 is 0 Å². The molecule has 1 heterocycles. The second kappa shape index (κ2) is 5.93. The fourth-order valence-electron chi connectivity index (χ4n) is 1.92. The molecule has 0 bridgehead atoms. The number of nitrogens with zero attached hydrogens (tertiary/aromatic N) is 2. The highest BCUT2D eigenvalue weighted by molar-refractivity contribution is 5.96. The van der Waals surface area contributed by atoms with Crippen molar-refractivity contribution in [3.63, 3.8) is 0 Å². The molecule has 0 aliphatic carbocycles. The smallest absolute Gasteiger partial charge is 0.244 e. The lowest BCUT2D eigenvalue weighted by molar-refractivity contribution is -0.121. The molecule has 1 aromatic carbocycles. The van der Waals surface area contributed by atoms with Crippen molar-refractivity contribution >= 4 is 17.3 Å². The van der Waals surface area contributed by atoms with Gasteiger partial charge in [0.05, 0.1) is 19.3 Å². The van der Waals surface area contributed by atoms with Crippen LogP contribution in [0, 0.1) is 16.7 Å². The van der Waals surface area contributed by atoms with Crippen LogP contribution in [0.1, 0.15) is 13.8 Å². The molecule has 0 saturated carbocycles. The lowest BCUT2D eigenvalue weighted by atomic mass is 9.94. The van der Waals surface area contributed by atoms with Gasteiger partial charge in [-0.25, -0.2) is 0 Å². The zero-order valence-electron chi connectivity index (χ0n) is 11.8. The molecule has 1 aromatic rings. The summed E-state index contributed by atoms with van der Waals surface area (Å²) in [5, 5.41) is 11.7. The van der Waals surface area contributed by atoms with E-state index in [2.05, 4.69) is 10.2 Å². The quantitative estimate of drug-likeness (QED) is 0.915. The van der Waals surface area contributed by atoms with Crippen molar-refractivity contribution in [3.8, 4) is 6.07 Å². The fourth-order valence-corrected chi connectivity index (χ4v) is 1.92. The number of ether oxygens (including phenoxy) is 1. The average Bonchev–Trinajstić information content (AvgIpc) is 2.49. The first-order valence-electron chi connectivity index (χ1n) is 6.68. The number of amides is 1. The number of morpholine rings is 1. The molecule has 5 nitrogen and oxygen atoms in total. The summed E-state index contributed by atoms with van der Waals surface area (Å²) in [6.07, 6.45) is 0. The molecule has 1 amide bonds. The molecule has 2 rings (SSSR count). The summed E-state index contributed by atoms with van der Waals surface area (Å²) in [6, 6.07) is 9.65. The van der Waals surface area contributed by atoms with Crippen LogP contribution in [-0.2, 0) is 9.53 Å². The van der Waals surface area contributed by atoms with Crippen LogP contribution in [0.3, 0.4) is 0 Å². The van der Waals surface area contributed by atoms with Crippen LogP contribution in [0.4, 0.5) is 11.4 Å². The van der Waals surface area contributed by atoms with Crippen LogP contribution in [0.5, 0.6) is 0 Å². The van der Waals surface area contributed by atoms with E-state index in [9.17, 15) is 4.79 Å². The molecular formula is C15H19N3O2. The van der Waals surface area contributed by atoms with Gasteiger partial charge in [0.1, 0.15) is 5.41 Å². The van der Waals surface area contributed by atoms with Crippen LogP contribution >= 0.6 is 0 Å². The summed E-state index contributed by atoms with van der Waals surface area (Å²) in [4.78, 5) is 14.1. The summed E-state index contributed by atoms with van der Waals surface area (Å²) in [5.41, 5.74) is 0.796. The molecule has 0 radical (unpaired) electrons. The first-order chi connectivity index (χ1) is 9.53. The number of nitriles is 1. The monoisotopic (exact) mass is 273 g/mol. The predicted molar refractivity (Wildman–Crippen MR) is 77.5 cm³/mol. The molecule has 0 aromatic heterocycles. The summed E-state index contributed by atoms with van der Waals surface area (Å²) in [5.74, 6) is -0.292. The van der Waals surface area contributed by atoms with Crippen molar-refractivity contribution in [2.45, 2.75) is 13.8 Å². The normalized spacial score (nSPS) is 15.6. The Balaban J connectivity index is 2.01. The predicted octanol–water partition coefficient (Wildman–Crippen LogP) is 2.01. The molecule has 20 heavy (non-hydrogen) atoms. The number of anilines is 2. The number of hydrogen-bond acceptors (Lipinski definition) is 4. The van der Waals surface area contributed by atoms with Crippen LogP contribution in [0.2, 0.25) is 0 Å². The van der Waals surface area contributed by atoms with Gasteiger partial charge in [-0.1, -0.05) is 0 Å². The number of benzene rings is 1. The maximum Gasteiger partial charge on any atom is 0.244 e. The number of hydrogen-bond donors (Lipinski definition) is 1. The topological polar surface area (TPSA) is 65.4 Å². The van der Waals surface area contributed by atoms with Gasteiger partial charge in [-0.3, -0.25) is 4.79 Å². The Bertz CT molecular complexity index is 511. The molecule has 0 atom stereocenters. The molecule has 1 saturated heterocycles. The van der Waals surface area contributed by atoms with Gasteiger partial charge in [-0.15, -0.1) is 0 Å². The SMILES string of the molecule is CC(C)(C#N)C(=O)Nc1ccc(N2CCOCC2)cc1. The molecule has 1 fully saturated rings. The average molecular weight is 273 g/mol. The second-order valence-electron chi connectivity index (χ2n) is 5.34. The Hall–Kier alpha value is -2.06. The lowest BCUT2D eigenvalue weighted by Crippen LogP contribution is -2.36. The highest BCUT2D eigenvalue weighted by atomic mass is 16.5. The molecule has 0 spiro atoms. The van der Waals surface area contributed by atoms with Crippen LogP contribution in [0.25, 0.3) is 0 Å². The van der Waals surface area contributed by atoms with Crippen molar-refractivity contribution in [2.75, 3.05) is 36.5 Å². The maximum absolute atomic E-state index is 11.9. The molecule has 1 aliphatic heterocycles. The third kappa shape index (κ3) is 3.28. The summed E-state index contributed by atoms with van der Waals surface area (Å²) in [6.45, 7) is 6.46. The van der Waals surface area contributed by atoms with Gasteiger partial charge in [0.15, 0.2) is 0 Å². The van der Waals surface area contributed by atoms with Crippen molar-refractivity contribution in [3.05, 3.63) is 24.3 Å². The van der Waals surface area contributed by atoms with Crippen LogP contribution < -0.4 is 10.2 Å². The van der Waals surface area contributed by atoms with Crippen molar-refractivity contribution in [1.29, 1.82) is 5.26 Å². The van der Waals surface area contributed by atoms with Gasteiger partial charge < -0.3 is 15.0 Å². The molecular weight excluding hydrogens is 254 g/mol. The standard InChI is InChI=1S/C15H19N3O2/c1-15(2,11-16)14(19)17-12-3-5-13(6-4-12)18-7-9-20-10-8-18/h3-6H,7-10H2,1-2H3,(H,17,19). The van der Waals surface area contributed by atoms with E-state index in [1.165, 1.54) is 0 Å². The zero-order chi connectivity index (χ0) is 14.6. The molecule has 106 valence electrons. The van der Waals surface area contributed by atoms with Crippen molar-refractivity contribution in [2.24, 2.45) is 5.41 Å². The van der Waals surface area contributed by atoms with Crippen LogP contribution in [0.15, 0.2) is 24.3 Å².